The Bertz CT molecular complexity index is 2860. The Kier molecular flexibility index (Phi) is 23.4. The fourth-order valence-corrected chi connectivity index (χ4v) is 8.37. The van der Waals surface area contributed by atoms with Gasteiger partial charge in [-0.1, -0.05) is 86.3 Å². The monoisotopic (exact) mass is 986 g/mol. The van der Waals surface area contributed by atoms with Crippen molar-refractivity contribution in [1.82, 2.24) is 9.13 Å². The Balaban J connectivity index is 0.000000313. The van der Waals surface area contributed by atoms with E-state index in [0.717, 1.165) is 54.6 Å². The van der Waals surface area contributed by atoms with Gasteiger partial charge in [-0.2, -0.15) is 0 Å². The predicted octanol–water partition coefficient (Wildman–Crippen LogP) is 9.53. The maximum absolute atomic E-state index is 13.5. The van der Waals surface area contributed by atoms with Crippen molar-refractivity contribution >= 4 is 23.7 Å². The van der Waals surface area contributed by atoms with Crippen LogP contribution in [0.5, 0.6) is 0 Å². The van der Waals surface area contributed by atoms with Crippen LogP contribution in [0.3, 0.4) is 0 Å². The number of hydrogen-bond acceptors (Lipinski definition) is 11. The van der Waals surface area contributed by atoms with Gasteiger partial charge in [-0.25, -0.2) is 4.79 Å². The SMILES string of the molecule is C.COC(=O)CC(N)c1cccc(-c2c(C)cccc2C)c1.COCC(C(=O)CC(CC(=O)OC)c1cccc(-c2c(C)cccc2C)c1)n1ccc(C)cc1=O.COCC(C(=O)O)n1ccc(C)cc1=O. The molecule has 0 fully saturated rings. The molecule has 2 aromatic heterocycles. The van der Waals surface area contributed by atoms with Gasteiger partial charge in [0.2, 0.25) is 0 Å². The van der Waals surface area contributed by atoms with Crippen LogP contribution >= 0.6 is 0 Å². The Morgan fingerprint density at radius 3 is 1.38 bits per heavy atom. The lowest BCUT2D eigenvalue weighted by Crippen LogP contribution is -2.33. The van der Waals surface area contributed by atoms with Gasteiger partial charge in [0.05, 0.1) is 40.3 Å². The molecule has 2 heterocycles. The quantitative estimate of drug-likeness (QED) is 0.0776. The van der Waals surface area contributed by atoms with Gasteiger partial charge in [-0.3, -0.25) is 28.5 Å². The number of Topliss-reactive ketones (excluding diaryl/α,β-unsaturated/α-hetero) is 1. The molecule has 6 rings (SSSR count). The number of carbonyl (C=O) groups excluding carboxylic acids is 3. The molecule has 4 aromatic carbocycles. The normalized spacial score (nSPS) is 12.3. The smallest absolute Gasteiger partial charge is 0.329 e. The third-order valence-corrected chi connectivity index (χ3v) is 12.1. The Hall–Kier alpha value is -7.26. The lowest BCUT2D eigenvalue weighted by molar-refractivity contribution is -0.143. The van der Waals surface area contributed by atoms with Gasteiger partial charge in [-0.15, -0.1) is 0 Å². The first-order valence-electron chi connectivity index (χ1n) is 23.2. The summed E-state index contributed by atoms with van der Waals surface area (Å²) in [5.74, 6) is -2.34. The van der Waals surface area contributed by atoms with Crippen molar-refractivity contribution in [2.75, 3.05) is 41.7 Å². The fraction of sp³-hybridized carbons (Fsp3) is 0.345. The Morgan fingerprint density at radius 2 is 0.944 bits per heavy atom. The number of carboxylic acids is 1. The van der Waals surface area contributed by atoms with Crippen LogP contribution < -0.4 is 16.9 Å². The number of nitrogens with two attached hydrogens (primary N) is 1. The first-order chi connectivity index (χ1) is 33.8. The predicted molar refractivity (Wildman–Crippen MR) is 282 cm³/mol. The number of ether oxygens (including phenoxy) is 4. The molecule has 0 amide bonds. The van der Waals surface area contributed by atoms with Crippen molar-refractivity contribution in [3.63, 3.8) is 0 Å². The van der Waals surface area contributed by atoms with E-state index in [1.807, 2.05) is 49.4 Å². The van der Waals surface area contributed by atoms with Crippen molar-refractivity contribution in [3.05, 3.63) is 187 Å². The Labute approximate surface area is 423 Å². The summed E-state index contributed by atoms with van der Waals surface area (Å²) in [7, 11) is 5.62. The summed E-state index contributed by atoms with van der Waals surface area (Å²) >= 11 is 0. The minimum absolute atomic E-state index is 0. The second-order valence-corrected chi connectivity index (χ2v) is 17.5. The number of aliphatic carboxylic acids is 1. The van der Waals surface area contributed by atoms with Crippen molar-refractivity contribution in [1.29, 1.82) is 0 Å². The largest absolute Gasteiger partial charge is 0.480 e. The van der Waals surface area contributed by atoms with E-state index in [1.165, 1.54) is 68.0 Å². The van der Waals surface area contributed by atoms with Gasteiger partial charge in [0.1, 0.15) is 6.04 Å². The fourth-order valence-electron chi connectivity index (χ4n) is 8.37. The van der Waals surface area contributed by atoms with E-state index in [-0.39, 0.29) is 68.8 Å². The first kappa shape index (κ1) is 59.1. The number of carboxylic acid groups (broad SMARTS) is 1. The highest BCUT2D eigenvalue weighted by molar-refractivity contribution is 5.85. The van der Waals surface area contributed by atoms with Crippen LogP contribution in [0, 0.1) is 41.5 Å². The van der Waals surface area contributed by atoms with E-state index in [4.69, 9.17) is 25.1 Å². The molecule has 0 radical (unpaired) electrons. The van der Waals surface area contributed by atoms with E-state index in [2.05, 4.69) is 74.9 Å². The van der Waals surface area contributed by atoms with Crippen LogP contribution in [-0.4, -0.2) is 79.6 Å². The molecule has 4 atom stereocenters. The molecule has 384 valence electrons. The number of carbonyl (C=O) groups is 4. The molecule has 0 spiro atoms. The second-order valence-electron chi connectivity index (χ2n) is 17.5. The van der Waals surface area contributed by atoms with Crippen molar-refractivity contribution in [2.24, 2.45) is 5.73 Å². The van der Waals surface area contributed by atoms with E-state index < -0.39 is 29.9 Å². The molecule has 14 nitrogen and oxygen atoms in total. The molecule has 0 saturated heterocycles. The average molecular weight is 986 g/mol. The van der Waals surface area contributed by atoms with Crippen molar-refractivity contribution < 1.29 is 43.2 Å². The number of aryl methyl sites for hydroxylation is 6. The van der Waals surface area contributed by atoms with Crippen molar-refractivity contribution in [2.45, 2.75) is 92.3 Å². The zero-order valence-corrected chi connectivity index (χ0v) is 42.4. The minimum Gasteiger partial charge on any atom is -0.480 e. The molecule has 4 unspecified atom stereocenters. The van der Waals surface area contributed by atoms with Crippen LogP contribution in [0.2, 0.25) is 0 Å². The first-order valence-corrected chi connectivity index (χ1v) is 23.2. The summed E-state index contributed by atoms with van der Waals surface area (Å²) < 4.78 is 22.2. The number of pyridine rings is 2. The molecule has 72 heavy (non-hydrogen) atoms. The molecule has 3 N–H and O–H groups in total. The highest BCUT2D eigenvalue weighted by Gasteiger charge is 2.28. The minimum atomic E-state index is -1.08. The lowest BCUT2D eigenvalue weighted by atomic mass is 9.86. The molecular weight excluding hydrogens is 915 g/mol. The third-order valence-electron chi connectivity index (χ3n) is 12.1. The topological polar surface area (TPSA) is 195 Å². The number of aromatic nitrogens is 2. The number of hydrogen-bond donors (Lipinski definition) is 2. The highest BCUT2D eigenvalue weighted by atomic mass is 16.5. The van der Waals surface area contributed by atoms with Gasteiger partial charge < -0.3 is 34.4 Å². The van der Waals surface area contributed by atoms with E-state index >= 15 is 0 Å². The van der Waals surface area contributed by atoms with Crippen LogP contribution in [0.15, 0.2) is 131 Å². The number of rotatable bonds is 18. The zero-order chi connectivity index (χ0) is 52.4. The maximum atomic E-state index is 13.5. The van der Waals surface area contributed by atoms with Crippen LogP contribution in [0.4, 0.5) is 0 Å². The second kappa shape index (κ2) is 28.6. The highest BCUT2D eigenvalue weighted by Crippen LogP contribution is 2.33. The molecule has 0 saturated carbocycles. The maximum Gasteiger partial charge on any atom is 0.329 e. The number of nitrogens with zero attached hydrogens (tertiary/aromatic N) is 2. The van der Waals surface area contributed by atoms with Crippen LogP contribution in [0.25, 0.3) is 22.3 Å². The van der Waals surface area contributed by atoms with Crippen molar-refractivity contribution in [3.8, 4) is 22.3 Å². The third kappa shape index (κ3) is 16.4. The molecule has 0 bridgehead atoms. The number of benzene rings is 4. The molecule has 14 heteroatoms. The Morgan fingerprint density at radius 1 is 0.542 bits per heavy atom. The summed E-state index contributed by atoms with van der Waals surface area (Å²) in [4.78, 5) is 72.1. The molecular formula is C58H71N3O11. The van der Waals surface area contributed by atoms with Crippen LogP contribution in [-0.2, 0) is 38.1 Å². The molecule has 0 aliphatic rings. The zero-order valence-electron chi connectivity index (χ0n) is 42.4. The van der Waals surface area contributed by atoms with Gasteiger partial charge in [0.25, 0.3) is 11.1 Å². The number of methoxy groups -OCH3 is 4. The number of esters is 2. The van der Waals surface area contributed by atoms with Gasteiger partial charge in [0, 0.05) is 57.1 Å². The summed E-state index contributed by atoms with van der Waals surface area (Å²) in [6.45, 7) is 12.0. The lowest BCUT2D eigenvalue weighted by Gasteiger charge is -2.22. The molecule has 0 aliphatic carbocycles. The van der Waals surface area contributed by atoms with Gasteiger partial charge in [-0.05, 0) is 127 Å². The number of ketones is 1. The summed E-state index contributed by atoms with van der Waals surface area (Å²) in [6.07, 6.45) is 3.40. The summed E-state index contributed by atoms with van der Waals surface area (Å²) in [5.41, 5.74) is 18.2. The van der Waals surface area contributed by atoms with E-state index in [9.17, 15) is 28.8 Å². The summed E-state index contributed by atoms with van der Waals surface area (Å²) in [6, 6.07) is 32.7. The molecule has 6 aromatic rings. The standard InChI is InChI=1S/C29H33NO5.C18H21NO2.C10H13NO4.CH4/c1-19-12-13-30(27(32)14-19)25(18-34-4)26(31)16-24(17-28(33)35-5)22-10-7-11-23(15-22)29-20(2)8-6-9-21(29)3;1-12-6-4-7-13(2)18(12)15-9-5-8-14(10-15)16(19)11-17(20)21-3;1-7-3-4-11(9(12)5-7)8(6-15-2)10(13)14;/h6-15,24-25H,16-18H2,1-5H3;4-10,16H,11,19H2,1-3H3;3-5,8H,6H2,1-2H3,(H,13,14);1H4. The summed E-state index contributed by atoms with van der Waals surface area (Å²) in [5, 5.41) is 8.91. The van der Waals surface area contributed by atoms with E-state index in [0.29, 0.717) is 0 Å². The van der Waals surface area contributed by atoms with Gasteiger partial charge >= 0.3 is 17.9 Å². The molecule has 0 aliphatic heterocycles. The van der Waals surface area contributed by atoms with Gasteiger partial charge in [0.15, 0.2) is 11.8 Å². The average Bonchev–Trinajstić information content (AvgIpc) is 3.33. The van der Waals surface area contributed by atoms with E-state index in [1.54, 1.807) is 25.3 Å². The van der Waals surface area contributed by atoms with Crippen LogP contribution in [0.1, 0.15) is 95.2 Å².